The molecule has 0 aromatic rings. The molecule has 0 radical (unpaired) electrons. The van der Waals surface area contributed by atoms with Crippen LogP contribution in [0.25, 0.3) is 0 Å². The number of aliphatic hydroxyl groups excluding tert-OH is 1. The van der Waals surface area contributed by atoms with Crippen LogP contribution in [0, 0.1) is 17.8 Å². The summed E-state index contributed by atoms with van der Waals surface area (Å²) < 4.78 is 0. The van der Waals surface area contributed by atoms with Crippen LogP contribution < -0.4 is 5.32 Å². The third-order valence-corrected chi connectivity index (χ3v) is 5.25. The molecule has 21 heavy (non-hydrogen) atoms. The molecular weight excluding hydrogens is 268 g/mol. The zero-order valence-electron chi connectivity index (χ0n) is 12.8. The van der Waals surface area contributed by atoms with E-state index in [4.69, 9.17) is 0 Å². The van der Waals surface area contributed by atoms with Crippen molar-refractivity contribution in [1.82, 2.24) is 10.2 Å². The number of piperidine rings is 1. The minimum atomic E-state index is -0.578. The van der Waals surface area contributed by atoms with E-state index in [1.165, 1.54) is 0 Å². The molecule has 2 saturated carbocycles. The number of aliphatic hydroxyl groups is 1. The summed E-state index contributed by atoms with van der Waals surface area (Å²) in [5, 5.41) is 13.0. The highest BCUT2D eigenvalue weighted by molar-refractivity contribution is 5.82. The number of hydrogen-bond acceptors (Lipinski definition) is 3. The summed E-state index contributed by atoms with van der Waals surface area (Å²) in [7, 11) is 0. The zero-order valence-corrected chi connectivity index (χ0v) is 12.8. The number of amides is 2. The summed E-state index contributed by atoms with van der Waals surface area (Å²) in [6, 6.07) is -0.240. The molecule has 5 heteroatoms. The third kappa shape index (κ3) is 3.39. The van der Waals surface area contributed by atoms with Crippen molar-refractivity contribution < 1.29 is 14.7 Å². The standard InChI is InChI=1S/C16H26N2O3/c1-10-4-6-18(7-5-10)16(21)12-8-13(14(19)9-12)17-15(20)11-2-3-11/h10-14,19H,2-9H2,1H3,(H,17,20)/t12-,13+,14+/m0/s1. The molecular formula is C16H26N2O3. The Morgan fingerprint density at radius 2 is 1.71 bits per heavy atom. The molecule has 3 fully saturated rings. The highest BCUT2D eigenvalue weighted by Crippen LogP contribution is 2.32. The van der Waals surface area contributed by atoms with Crippen molar-refractivity contribution in [2.75, 3.05) is 13.1 Å². The van der Waals surface area contributed by atoms with Crippen molar-refractivity contribution in [3.8, 4) is 0 Å². The minimum Gasteiger partial charge on any atom is -0.391 e. The monoisotopic (exact) mass is 294 g/mol. The zero-order chi connectivity index (χ0) is 15.0. The van der Waals surface area contributed by atoms with E-state index in [-0.39, 0.29) is 29.7 Å². The Hall–Kier alpha value is -1.10. The van der Waals surface area contributed by atoms with Gasteiger partial charge in [0.05, 0.1) is 12.1 Å². The molecule has 3 aliphatic rings. The van der Waals surface area contributed by atoms with E-state index in [9.17, 15) is 14.7 Å². The number of likely N-dealkylation sites (tertiary alicyclic amines) is 1. The van der Waals surface area contributed by atoms with Crippen LogP contribution >= 0.6 is 0 Å². The van der Waals surface area contributed by atoms with Crippen molar-refractivity contribution in [2.45, 2.75) is 57.6 Å². The quantitative estimate of drug-likeness (QED) is 0.813. The summed E-state index contributed by atoms with van der Waals surface area (Å²) in [4.78, 5) is 26.3. The van der Waals surface area contributed by atoms with Crippen LogP contribution in [0.1, 0.15) is 45.4 Å². The first-order valence-electron chi connectivity index (χ1n) is 8.32. The van der Waals surface area contributed by atoms with Gasteiger partial charge in [-0.3, -0.25) is 9.59 Å². The van der Waals surface area contributed by atoms with E-state index >= 15 is 0 Å². The Kier molecular flexibility index (Phi) is 4.20. The number of carbonyl (C=O) groups excluding carboxylic acids is 2. The predicted molar refractivity (Wildman–Crippen MR) is 78.4 cm³/mol. The van der Waals surface area contributed by atoms with Gasteiger partial charge in [0, 0.05) is 24.9 Å². The molecule has 1 heterocycles. The number of nitrogens with zero attached hydrogens (tertiary/aromatic N) is 1. The number of hydrogen-bond donors (Lipinski definition) is 2. The van der Waals surface area contributed by atoms with Gasteiger partial charge in [-0.2, -0.15) is 0 Å². The molecule has 0 aromatic carbocycles. The van der Waals surface area contributed by atoms with Crippen LogP contribution in [0.15, 0.2) is 0 Å². The SMILES string of the molecule is CC1CCN(C(=O)[C@@H]2C[C@@H](O)[C@H](NC(=O)C3CC3)C2)CC1. The fourth-order valence-electron chi connectivity index (χ4n) is 3.51. The average molecular weight is 294 g/mol. The highest BCUT2D eigenvalue weighted by Gasteiger charge is 2.41. The molecule has 0 unspecified atom stereocenters. The Morgan fingerprint density at radius 1 is 1.05 bits per heavy atom. The van der Waals surface area contributed by atoms with Crippen LogP contribution in [0.2, 0.25) is 0 Å². The lowest BCUT2D eigenvalue weighted by atomic mass is 9.97. The highest BCUT2D eigenvalue weighted by atomic mass is 16.3. The molecule has 0 spiro atoms. The Morgan fingerprint density at radius 3 is 2.33 bits per heavy atom. The summed E-state index contributed by atoms with van der Waals surface area (Å²) in [5.74, 6) is 0.949. The molecule has 1 saturated heterocycles. The molecule has 2 aliphatic carbocycles. The first-order chi connectivity index (χ1) is 10.0. The van der Waals surface area contributed by atoms with Gasteiger partial charge in [0.25, 0.3) is 0 Å². The normalized spacial score (nSPS) is 34.0. The van der Waals surface area contributed by atoms with E-state index in [2.05, 4.69) is 12.2 Å². The van der Waals surface area contributed by atoms with Gasteiger partial charge in [0.15, 0.2) is 0 Å². The molecule has 1 aliphatic heterocycles. The second-order valence-corrected chi connectivity index (χ2v) is 7.13. The van der Waals surface area contributed by atoms with E-state index < -0.39 is 6.10 Å². The number of carbonyl (C=O) groups is 2. The first kappa shape index (κ1) is 14.8. The van der Waals surface area contributed by atoms with Gasteiger partial charge in [-0.15, -0.1) is 0 Å². The van der Waals surface area contributed by atoms with Crippen LogP contribution in [-0.4, -0.2) is 47.1 Å². The first-order valence-corrected chi connectivity index (χ1v) is 8.32. The van der Waals surface area contributed by atoms with Crippen LogP contribution in [0.4, 0.5) is 0 Å². The lowest BCUT2D eigenvalue weighted by Gasteiger charge is -2.32. The molecule has 3 atom stereocenters. The summed E-state index contributed by atoms with van der Waals surface area (Å²) in [5.41, 5.74) is 0. The summed E-state index contributed by atoms with van der Waals surface area (Å²) in [6.07, 6.45) is 4.56. The fourth-order valence-corrected chi connectivity index (χ4v) is 3.51. The van der Waals surface area contributed by atoms with E-state index in [1.54, 1.807) is 0 Å². The van der Waals surface area contributed by atoms with Gasteiger partial charge in [0.2, 0.25) is 11.8 Å². The Balaban J connectivity index is 1.52. The fraction of sp³-hybridized carbons (Fsp3) is 0.875. The molecule has 2 amide bonds. The van der Waals surface area contributed by atoms with Crippen molar-refractivity contribution in [1.29, 1.82) is 0 Å². The van der Waals surface area contributed by atoms with E-state index in [1.807, 2.05) is 4.90 Å². The predicted octanol–water partition coefficient (Wildman–Crippen LogP) is 0.911. The lowest BCUT2D eigenvalue weighted by Crippen LogP contribution is -2.42. The van der Waals surface area contributed by atoms with Gasteiger partial charge in [-0.05, 0) is 44.4 Å². The van der Waals surface area contributed by atoms with Crippen molar-refractivity contribution in [2.24, 2.45) is 17.8 Å². The number of rotatable bonds is 3. The van der Waals surface area contributed by atoms with Crippen LogP contribution in [0.3, 0.4) is 0 Å². The molecule has 3 rings (SSSR count). The van der Waals surface area contributed by atoms with Crippen LogP contribution in [-0.2, 0) is 9.59 Å². The molecule has 0 bridgehead atoms. The maximum atomic E-state index is 12.5. The van der Waals surface area contributed by atoms with Gasteiger partial charge in [-0.25, -0.2) is 0 Å². The third-order valence-electron chi connectivity index (χ3n) is 5.25. The summed E-state index contributed by atoms with van der Waals surface area (Å²) in [6.45, 7) is 3.90. The topological polar surface area (TPSA) is 69.6 Å². The summed E-state index contributed by atoms with van der Waals surface area (Å²) >= 11 is 0. The van der Waals surface area contributed by atoms with E-state index in [0.717, 1.165) is 38.8 Å². The Labute approximate surface area is 126 Å². The second kappa shape index (κ2) is 5.95. The van der Waals surface area contributed by atoms with Gasteiger partial charge in [-0.1, -0.05) is 6.92 Å². The maximum Gasteiger partial charge on any atom is 0.225 e. The molecule has 5 nitrogen and oxygen atoms in total. The van der Waals surface area contributed by atoms with Gasteiger partial charge in [0.1, 0.15) is 0 Å². The van der Waals surface area contributed by atoms with Crippen molar-refractivity contribution >= 4 is 11.8 Å². The van der Waals surface area contributed by atoms with E-state index in [0.29, 0.717) is 18.8 Å². The maximum absolute atomic E-state index is 12.5. The lowest BCUT2D eigenvalue weighted by molar-refractivity contribution is -0.137. The van der Waals surface area contributed by atoms with Crippen molar-refractivity contribution in [3.63, 3.8) is 0 Å². The van der Waals surface area contributed by atoms with Crippen LogP contribution in [0.5, 0.6) is 0 Å². The molecule has 0 aromatic heterocycles. The number of nitrogens with one attached hydrogen (secondary N) is 1. The van der Waals surface area contributed by atoms with Gasteiger partial charge < -0.3 is 15.3 Å². The smallest absolute Gasteiger partial charge is 0.225 e. The second-order valence-electron chi connectivity index (χ2n) is 7.13. The molecule has 2 N–H and O–H groups in total. The van der Waals surface area contributed by atoms with Gasteiger partial charge >= 0.3 is 0 Å². The average Bonchev–Trinajstić information content (AvgIpc) is 3.25. The Bertz CT molecular complexity index is 414. The largest absolute Gasteiger partial charge is 0.391 e. The van der Waals surface area contributed by atoms with Crippen molar-refractivity contribution in [3.05, 3.63) is 0 Å². The molecule has 118 valence electrons. The minimum absolute atomic E-state index is 0.0546.